The fraction of sp³-hybridized carbons (Fsp3) is 0.0833. The third-order valence-corrected chi connectivity index (χ3v) is 6.40. The Kier molecular flexibility index (Phi) is 5.89. The Bertz CT molecular complexity index is 1400. The van der Waals surface area contributed by atoms with Gasteiger partial charge in [0.1, 0.15) is 17.0 Å². The molecule has 0 aliphatic heterocycles. The second-order valence-electron chi connectivity index (χ2n) is 7.29. The summed E-state index contributed by atoms with van der Waals surface area (Å²) in [5.74, 6) is -0.480. The maximum Gasteiger partial charge on any atom is 0.274 e. The lowest BCUT2D eigenvalue weighted by Crippen LogP contribution is -2.24. The zero-order valence-electron chi connectivity index (χ0n) is 17.2. The number of para-hydroxylation sites is 2. The number of sulfonamides is 1. The minimum atomic E-state index is -3.70. The van der Waals surface area contributed by atoms with Crippen molar-refractivity contribution in [2.75, 3.05) is 5.32 Å². The van der Waals surface area contributed by atoms with E-state index < -0.39 is 15.9 Å². The average Bonchev–Trinajstić information content (AvgIpc) is 2.79. The quantitative estimate of drug-likeness (QED) is 0.414. The van der Waals surface area contributed by atoms with Gasteiger partial charge in [-0.1, -0.05) is 54.1 Å². The molecule has 32 heavy (non-hydrogen) atoms. The van der Waals surface area contributed by atoms with Crippen LogP contribution in [-0.2, 0) is 16.6 Å². The highest BCUT2D eigenvalue weighted by molar-refractivity contribution is 7.89. The van der Waals surface area contributed by atoms with E-state index >= 15 is 0 Å². The molecule has 7 nitrogen and oxygen atoms in total. The van der Waals surface area contributed by atoms with Gasteiger partial charge in [0.15, 0.2) is 0 Å². The number of rotatable bonds is 6. The van der Waals surface area contributed by atoms with E-state index in [1.54, 1.807) is 72.8 Å². The van der Waals surface area contributed by atoms with Gasteiger partial charge in [-0.25, -0.2) is 18.1 Å². The Balaban J connectivity index is 1.53. The summed E-state index contributed by atoms with van der Waals surface area (Å²) in [4.78, 5) is 17.2. The maximum absolute atomic E-state index is 12.8. The normalized spacial score (nSPS) is 11.4. The van der Waals surface area contributed by atoms with Crippen LogP contribution in [0.2, 0.25) is 0 Å². The van der Waals surface area contributed by atoms with Gasteiger partial charge in [0.25, 0.3) is 5.91 Å². The minimum Gasteiger partial charge on any atom is -0.506 e. The molecule has 0 radical (unpaired) electrons. The molecule has 1 amide bonds. The molecule has 3 N–H and O–H groups in total. The molecule has 1 heterocycles. The van der Waals surface area contributed by atoms with Gasteiger partial charge in [-0.3, -0.25) is 4.79 Å². The molecular formula is C24H21N3O4S. The van der Waals surface area contributed by atoms with Crippen LogP contribution >= 0.6 is 0 Å². The first-order valence-corrected chi connectivity index (χ1v) is 11.4. The van der Waals surface area contributed by atoms with E-state index in [2.05, 4.69) is 15.0 Å². The number of pyridine rings is 1. The highest BCUT2D eigenvalue weighted by atomic mass is 32.2. The number of nitrogens with zero attached hydrogens (tertiary/aromatic N) is 1. The van der Waals surface area contributed by atoms with Crippen LogP contribution in [0.3, 0.4) is 0 Å². The van der Waals surface area contributed by atoms with Gasteiger partial charge in [0.2, 0.25) is 10.0 Å². The van der Waals surface area contributed by atoms with E-state index in [0.717, 1.165) is 5.56 Å². The van der Waals surface area contributed by atoms with Crippen molar-refractivity contribution < 1.29 is 18.3 Å². The SMILES string of the molecule is Cc1ccc(S(=O)(=O)NCc2ccccc2NC(=O)c2ccc3cccc(O)c3n2)cc1. The lowest BCUT2D eigenvalue weighted by Gasteiger charge is -2.13. The summed E-state index contributed by atoms with van der Waals surface area (Å²) in [5, 5.41) is 13.5. The number of aromatic hydroxyl groups is 1. The minimum absolute atomic E-state index is 0.00139. The van der Waals surface area contributed by atoms with Gasteiger partial charge in [-0.05, 0) is 42.8 Å². The summed E-state index contributed by atoms with van der Waals surface area (Å²) in [6.07, 6.45) is 0. The first kappa shape index (κ1) is 21.5. The highest BCUT2D eigenvalue weighted by Gasteiger charge is 2.16. The molecule has 0 aliphatic carbocycles. The number of phenols is 1. The predicted molar refractivity (Wildman–Crippen MR) is 123 cm³/mol. The number of aryl methyl sites for hydroxylation is 1. The molecule has 0 aliphatic rings. The van der Waals surface area contributed by atoms with Crippen molar-refractivity contribution in [1.82, 2.24) is 9.71 Å². The largest absolute Gasteiger partial charge is 0.506 e. The van der Waals surface area contributed by atoms with Crippen LogP contribution in [0.1, 0.15) is 21.6 Å². The Labute approximate surface area is 185 Å². The number of benzene rings is 3. The van der Waals surface area contributed by atoms with Crippen molar-refractivity contribution >= 4 is 32.5 Å². The molecule has 0 bridgehead atoms. The van der Waals surface area contributed by atoms with Gasteiger partial charge in [0.05, 0.1) is 4.90 Å². The summed E-state index contributed by atoms with van der Waals surface area (Å²) in [5.41, 5.74) is 2.49. The molecule has 162 valence electrons. The van der Waals surface area contributed by atoms with E-state index in [-0.39, 0.29) is 22.9 Å². The summed E-state index contributed by atoms with van der Waals surface area (Å²) >= 11 is 0. The first-order chi connectivity index (χ1) is 15.3. The van der Waals surface area contributed by atoms with Gasteiger partial charge in [0, 0.05) is 17.6 Å². The van der Waals surface area contributed by atoms with Crippen molar-refractivity contribution in [1.29, 1.82) is 0 Å². The van der Waals surface area contributed by atoms with Crippen LogP contribution in [0, 0.1) is 6.92 Å². The van der Waals surface area contributed by atoms with Gasteiger partial charge < -0.3 is 10.4 Å². The number of carbonyl (C=O) groups excluding carboxylic acids is 1. The topological polar surface area (TPSA) is 108 Å². The zero-order chi connectivity index (χ0) is 22.7. The fourth-order valence-corrected chi connectivity index (χ4v) is 4.22. The highest BCUT2D eigenvalue weighted by Crippen LogP contribution is 2.23. The summed E-state index contributed by atoms with van der Waals surface area (Å²) in [6.45, 7) is 1.88. The van der Waals surface area contributed by atoms with E-state index in [9.17, 15) is 18.3 Å². The summed E-state index contributed by atoms with van der Waals surface area (Å²) in [7, 11) is -3.70. The Hall–Kier alpha value is -3.75. The molecule has 4 aromatic rings. The Morgan fingerprint density at radius 2 is 1.69 bits per heavy atom. The molecule has 0 saturated heterocycles. The second-order valence-corrected chi connectivity index (χ2v) is 9.06. The van der Waals surface area contributed by atoms with Crippen molar-refractivity contribution in [3.05, 3.63) is 95.7 Å². The third kappa shape index (κ3) is 4.61. The van der Waals surface area contributed by atoms with Crippen molar-refractivity contribution in [2.45, 2.75) is 18.4 Å². The van der Waals surface area contributed by atoms with Crippen LogP contribution in [-0.4, -0.2) is 24.4 Å². The molecule has 0 atom stereocenters. The maximum atomic E-state index is 12.8. The van der Waals surface area contributed by atoms with Crippen molar-refractivity contribution in [3.63, 3.8) is 0 Å². The molecule has 4 rings (SSSR count). The number of nitrogens with one attached hydrogen (secondary N) is 2. The number of fused-ring (bicyclic) bond motifs is 1. The third-order valence-electron chi connectivity index (χ3n) is 4.98. The number of hydrogen-bond acceptors (Lipinski definition) is 5. The van der Waals surface area contributed by atoms with E-state index in [0.29, 0.717) is 22.2 Å². The molecular weight excluding hydrogens is 426 g/mol. The average molecular weight is 448 g/mol. The molecule has 1 aromatic heterocycles. The van der Waals surface area contributed by atoms with Crippen molar-refractivity contribution in [3.8, 4) is 5.75 Å². The van der Waals surface area contributed by atoms with Crippen LogP contribution in [0.25, 0.3) is 10.9 Å². The second kappa shape index (κ2) is 8.78. The van der Waals surface area contributed by atoms with Crippen LogP contribution in [0.5, 0.6) is 5.75 Å². The number of hydrogen-bond donors (Lipinski definition) is 3. The number of carbonyl (C=O) groups is 1. The summed E-state index contributed by atoms with van der Waals surface area (Å²) in [6, 6.07) is 21.8. The number of amides is 1. The predicted octanol–water partition coefficient (Wildman–Crippen LogP) is 3.98. The standard InChI is InChI=1S/C24H21N3O4S/c1-16-9-12-19(13-10-16)32(30,31)25-15-18-5-2-3-7-20(18)27-24(29)21-14-11-17-6-4-8-22(28)23(17)26-21/h2-14,25,28H,15H2,1H3,(H,27,29). The first-order valence-electron chi connectivity index (χ1n) is 9.88. The molecule has 0 fully saturated rings. The number of phenolic OH excluding ortho intramolecular Hbond substituents is 1. The van der Waals surface area contributed by atoms with E-state index in [1.807, 2.05) is 6.92 Å². The lowest BCUT2D eigenvalue weighted by molar-refractivity contribution is 0.102. The van der Waals surface area contributed by atoms with E-state index in [4.69, 9.17) is 0 Å². The Morgan fingerprint density at radius 1 is 0.938 bits per heavy atom. The van der Waals surface area contributed by atoms with Gasteiger partial charge in [-0.2, -0.15) is 0 Å². The fourth-order valence-electron chi connectivity index (χ4n) is 3.21. The lowest BCUT2D eigenvalue weighted by atomic mass is 10.1. The molecule has 3 aromatic carbocycles. The smallest absolute Gasteiger partial charge is 0.274 e. The van der Waals surface area contributed by atoms with Gasteiger partial charge in [-0.15, -0.1) is 0 Å². The Morgan fingerprint density at radius 3 is 2.47 bits per heavy atom. The van der Waals surface area contributed by atoms with Crippen LogP contribution in [0.15, 0.2) is 83.8 Å². The molecule has 0 saturated carbocycles. The van der Waals surface area contributed by atoms with Crippen LogP contribution < -0.4 is 10.0 Å². The van der Waals surface area contributed by atoms with Crippen LogP contribution in [0.4, 0.5) is 5.69 Å². The molecule has 8 heteroatoms. The van der Waals surface area contributed by atoms with Gasteiger partial charge >= 0.3 is 0 Å². The van der Waals surface area contributed by atoms with Crippen molar-refractivity contribution in [2.24, 2.45) is 0 Å². The zero-order valence-corrected chi connectivity index (χ0v) is 18.1. The molecule has 0 spiro atoms. The van der Waals surface area contributed by atoms with E-state index in [1.165, 1.54) is 6.07 Å². The number of aromatic nitrogens is 1. The molecule has 0 unspecified atom stereocenters. The summed E-state index contributed by atoms with van der Waals surface area (Å²) < 4.78 is 27.8. The monoisotopic (exact) mass is 447 g/mol. The number of anilines is 1.